The molecule has 18 heavy (non-hydrogen) atoms. The standard InChI is InChI=1S/C12H9BrN2O3/c13-9-4-2-1-3-6(9)10-14-11(18-15-10)7-5-8(7)12(16)17/h1-4,7-8H,5H2,(H,16,17). The van der Waals surface area contributed by atoms with Crippen LogP contribution in [0.25, 0.3) is 11.4 Å². The average molecular weight is 309 g/mol. The van der Waals surface area contributed by atoms with Gasteiger partial charge in [-0.2, -0.15) is 4.98 Å². The van der Waals surface area contributed by atoms with Crippen LogP contribution in [0, 0.1) is 5.92 Å². The fourth-order valence-corrected chi connectivity index (χ4v) is 2.34. The molecule has 0 aliphatic heterocycles. The third-order valence-corrected chi connectivity index (χ3v) is 3.67. The zero-order chi connectivity index (χ0) is 12.7. The Labute approximate surface area is 111 Å². The number of hydrogen-bond donors (Lipinski definition) is 1. The van der Waals surface area contributed by atoms with Crippen molar-refractivity contribution in [1.29, 1.82) is 0 Å². The maximum atomic E-state index is 10.8. The number of halogens is 1. The summed E-state index contributed by atoms with van der Waals surface area (Å²) in [5, 5.41) is 12.7. The molecule has 6 heteroatoms. The molecule has 3 rings (SSSR count). The van der Waals surface area contributed by atoms with Crippen molar-refractivity contribution in [3.05, 3.63) is 34.6 Å². The average Bonchev–Trinajstić information content (AvgIpc) is 3.02. The Morgan fingerprint density at radius 1 is 1.44 bits per heavy atom. The fraction of sp³-hybridized carbons (Fsp3) is 0.250. The molecule has 1 aromatic heterocycles. The van der Waals surface area contributed by atoms with Crippen molar-refractivity contribution in [1.82, 2.24) is 10.1 Å². The van der Waals surface area contributed by atoms with Crippen molar-refractivity contribution in [2.24, 2.45) is 5.92 Å². The number of aromatic nitrogens is 2. The molecule has 2 unspecified atom stereocenters. The maximum Gasteiger partial charge on any atom is 0.307 e. The molecule has 1 aromatic carbocycles. The van der Waals surface area contributed by atoms with Gasteiger partial charge in [0.05, 0.1) is 11.8 Å². The quantitative estimate of drug-likeness (QED) is 0.943. The molecule has 92 valence electrons. The Bertz CT molecular complexity index is 611. The van der Waals surface area contributed by atoms with Crippen molar-refractivity contribution in [3.63, 3.8) is 0 Å². The highest BCUT2D eigenvalue weighted by Gasteiger charge is 2.48. The lowest BCUT2D eigenvalue weighted by molar-refractivity contribution is -0.138. The van der Waals surface area contributed by atoms with Crippen LogP contribution >= 0.6 is 15.9 Å². The molecular formula is C12H9BrN2O3. The van der Waals surface area contributed by atoms with Crippen LogP contribution in [0.1, 0.15) is 18.2 Å². The Hall–Kier alpha value is -1.69. The summed E-state index contributed by atoms with van der Waals surface area (Å²) in [6.07, 6.45) is 0.576. The second-order valence-electron chi connectivity index (χ2n) is 4.22. The fourth-order valence-electron chi connectivity index (χ4n) is 1.88. The van der Waals surface area contributed by atoms with Gasteiger partial charge in [-0.15, -0.1) is 0 Å². The van der Waals surface area contributed by atoms with E-state index in [0.29, 0.717) is 18.1 Å². The molecule has 0 amide bonds. The van der Waals surface area contributed by atoms with Crippen LogP contribution in [0.2, 0.25) is 0 Å². The van der Waals surface area contributed by atoms with Crippen LogP contribution in [0.15, 0.2) is 33.3 Å². The SMILES string of the molecule is O=C(O)C1CC1c1nc(-c2ccccc2Br)no1. The van der Waals surface area contributed by atoms with Gasteiger partial charge < -0.3 is 9.63 Å². The Morgan fingerprint density at radius 2 is 2.22 bits per heavy atom. The molecule has 1 N–H and O–H groups in total. The van der Waals surface area contributed by atoms with Gasteiger partial charge in [-0.3, -0.25) is 4.79 Å². The van der Waals surface area contributed by atoms with E-state index in [9.17, 15) is 4.79 Å². The molecule has 0 radical (unpaired) electrons. The summed E-state index contributed by atoms with van der Waals surface area (Å²) in [5.74, 6) is -0.425. The number of nitrogens with zero attached hydrogens (tertiary/aromatic N) is 2. The van der Waals surface area contributed by atoms with Crippen LogP contribution in [-0.2, 0) is 4.79 Å². The first-order chi connectivity index (χ1) is 8.66. The van der Waals surface area contributed by atoms with Gasteiger partial charge in [0.25, 0.3) is 0 Å². The first kappa shape index (κ1) is 11.4. The number of aliphatic carboxylic acids is 1. The van der Waals surface area contributed by atoms with E-state index in [1.165, 1.54) is 0 Å². The number of carboxylic acid groups (broad SMARTS) is 1. The second kappa shape index (κ2) is 4.20. The predicted molar refractivity (Wildman–Crippen MR) is 65.9 cm³/mol. The molecular weight excluding hydrogens is 300 g/mol. The molecule has 1 saturated carbocycles. The number of hydrogen-bond acceptors (Lipinski definition) is 4. The molecule has 2 atom stereocenters. The molecule has 1 fully saturated rings. The van der Waals surface area contributed by atoms with Crippen molar-refractivity contribution in [2.75, 3.05) is 0 Å². The summed E-state index contributed by atoms with van der Waals surface area (Å²) in [4.78, 5) is 15.0. The normalized spacial score (nSPS) is 21.8. The first-order valence-corrected chi connectivity index (χ1v) is 6.27. The first-order valence-electron chi connectivity index (χ1n) is 5.48. The van der Waals surface area contributed by atoms with E-state index < -0.39 is 5.97 Å². The molecule has 1 aliphatic carbocycles. The topological polar surface area (TPSA) is 76.2 Å². The minimum Gasteiger partial charge on any atom is -0.481 e. The third-order valence-electron chi connectivity index (χ3n) is 2.98. The van der Waals surface area contributed by atoms with Gasteiger partial charge >= 0.3 is 5.97 Å². The maximum absolute atomic E-state index is 10.8. The largest absolute Gasteiger partial charge is 0.481 e. The molecule has 0 bridgehead atoms. The van der Waals surface area contributed by atoms with E-state index in [1.54, 1.807) is 0 Å². The van der Waals surface area contributed by atoms with Gasteiger partial charge in [-0.25, -0.2) is 0 Å². The smallest absolute Gasteiger partial charge is 0.307 e. The van der Waals surface area contributed by atoms with Crippen LogP contribution in [0.3, 0.4) is 0 Å². The lowest BCUT2D eigenvalue weighted by Gasteiger charge is -1.96. The Kier molecular flexibility index (Phi) is 2.66. The van der Waals surface area contributed by atoms with Gasteiger partial charge in [0.2, 0.25) is 11.7 Å². The van der Waals surface area contributed by atoms with Crippen molar-refractivity contribution < 1.29 is 14.4 Å². The van der Waals surface area contributed by atoms with Gasteiger partial charge in [-0.05, 0) is 18.6 Å². The van der Waals surface area contributed by atoms with Crippen molar-refractivity contribution in [2.45, 2.75) is 12.3 Å². The number of carbonyl (C=O) groups is 1. The van der Waals surface area contributed by atoms with Crippen LogP contribution in [0.4, 0.5) is 0 Å². The molecule has 2 aromatic rings. The highest BCUT2D eigenvalue weighted by atomic mass is 79.9. The summed E-state index contributed by atoms with van der Waals surface area (Å²) in [5.41, 5.74) is 0.833. The number of carboxylic acids is 1. The van der Waals surface area contributed by atoms with Gasteiger partial charge in [-0.1, -0.05) is 33.2 Å². The van der Waals surface area contributed by atoms with Gasteiger partial charge in [0.1, 0.15) is 0 Å². The van der Waals surface area contributed by atoms with Gasteiger partial charge in [0.15, 0.2) is 0 Å². The minimum absolute atomic E-state index is 0.133. The summed E-state index contributed by atoms with van der Waals surface area (Å²) in [6, 6.07) is 7.55. The molecule has 1 aliphatic rings. The van der Waals surface area contributed by atoms with E-state index in [4.69, 9.17) is 9.63 Å². The van der Waals surface area contributed by atoms with E-state index in [2.05, 4.69) is 26.1 Å². The summed E-state index contributed by atoms with van der Waals surface area (Å²) < 4.78 is 6.01. The highest BCUT2D eigenvalue weighted by molar-refractivity contribution is 9.10. The molecule has 1 heterocycles. The number of rotatable bonds is 3. The lowest BCUT2D eigenvalue weighted by atomic mass is 10.2. The van der Waals surface area contributed by atoms with E-state index in [1.807, 2.05) is 24.3 Å². The molecule has 5 nitrogen and oxygen atoms in total. The highest BCUT2D eigenvalue weighted by Crippen LogP contribution is 2.47. The van der Waals surface area contributed by atoms with E-state index >= 15 is 0 Å². The summed E-state index contributed by atoms with van der Waals surface area (Å²) in [6.45, 7) is 0. The monoisotopic (exact) mass is 308 g/mol. The van der Waals surface area contributed by atoms with E-state index in [-0.39, 0.29) is 11.8 Å². The predicted octanol–water partition coefficient (Wildman–Crippen LogP) is 2.69. The van der Waals surface area contributed by atoms with E-state index in [0.717, 1.165) is 10.0 Å². The van der Waals surface area contributed by atoms with Gasteiger partial charge in [0, 0.05) is 10.0 Å². The zero-order valence-electron chi connectivity index (χ0n) is 9.21. The number of benzene rings is 1. The minimum atomic E-state index is -0.805. The molecule has 0 spiro atoms. The summed E-state index contributed by atoms with van der Waals surface area (Å²) >= 11 is 3.41. The zero-order valence-corrected chi connectivity index (χ0v) is 10.8. The Balaban J connectivity index is 1.87. The van der Waals surface area contributed by atoms with Crippen LogP contribution < -0.4 is 0 Å². The van der Waals surface area contributed by atoms with Crippen LogP contribution in [-0.4, -0.2) is 21.2 Å². The third kappa shape index (κ3) is 1.92. The van der Waals surface area contributed by atoms with Crippen molar-refractivity contribution in [3.8, 4) is 11.4 Å². The van der Waals surface area contributed by atoms with Crippen molar-refractivity contribution >= 4 is 21.9 Å². The summed E-state index contributed by atoms with van der Waals surface area (Å²) in [7, 11) is 0. The lowest BCUT2D eigenvalue weighted by Crippen LogP contribution is -1.98. The second-order valence-corrected chi connectivity index (χ2v) is 5.08. The molecule has 0 saturated heterocycles. The Morgan fingerprint density at radius 3 is 2.89 bits per heavy atom. The van der Waals surface area contributed by atoms with Crippen LogP contribution in [0.5, 0.6) is 0 Å².